The predicted molar refractivity (Wildman–Crippen MR) is 119 cm³/mol. The Hall–Kier alpha value is -4.22. The van der Waals surface area contributed by atoms with Crippen LogP contribution in [-0.2, 0) is 12.6 Å². The van der Waals surface area contributed by atoms with Crippen molar-refractivity contribution in [3.05, 3.63) is 71.3 Å². The van der Waals surface area contributed by atoms with Crippen LogP contribution in [0, 0.1) is 18.7 Å². The summed E-state index contributed by atoms with van der Waals surface area (Å²) in [6, 6.07) is 6.13. The van der Waals surface area contributed by atoms with Gasteiger partial charge < -0.3 is 11.1 Å². The molecule has 2 aromatic carbocycles. The number of nitrogens with one attached hydrogen (secondary N) is 1. The van der Waals surface area contributed by atoms with Gasteiger partial charge in [-0.25, -0.2) is 19.2 Å². The van der Waals surface area contributed by atoms with Crippen LogP contribution in [0.15, 0.2) is 42.6 Å². The van der Waals surface area contributed by atoms with E-state index in [2.05, 4.69) is 15.3 Å². The van der Waals surface area contributed by atoms with Crippen molar-refractivity contribution in [2.75, 3.05) is 22.5 Å². The zero-order valence-electron chi connectivity index (χ0n) is 18.1. The van der Waals surface area contributed by atoms with Crippen LogP contribution in [0.1, 0.15) is 17.0 Å². The first-order valence-electron chi connectivity index (χ1n) is 10.4. The molecule has 2 aromatic heterocycles. The number of nitrogen functional groups attached to an aromatic ring is 1. The SMILES string of the molecule is Cc1nc(-c2ccc3c(c2)CCN3C(=O)Nc2cc(C(F)(F)F)ccc2F)c2c(N)ncc(F)n12. The second kappa shape index (κ2) is 7.93. The zero-order valence-corrected chi connectivity index (χ0v) is 18.1. The van der Waals surface area contributed by atoms with E-state index in [1.165, 1.54) is 9.30 Å². The number of hydrogen-bond acceptors (Lipinski definition) is 4. The number of amides is 2. The molecule has 0 atom stereocenters. The molecule has 0 unspecified atom stereocenters. The van der Waals surface area contributed by atoms with Crippen LogP contribution >= 0.6 is 0 Å². The summed E-state index contributed by atoms with van der Waals surface area (Å²) in [5.41, 5.74) is 6.95. The largest absolute Gasteiger partial charge is 0.416 e. The first-order chi connectivity index (χ1) is 16.5. The molecule has 1 aliphatic rings. The number of urea groups is 1. The number of hydrogen-bond donors (Lipinski definition) is 2. The van der Waals surface area contributed by atoms with E-state index in [0.29, 0.717) is 52.9 Å². The molecule has 3 N–H and O–H groups in total. The number of rotatable bonds is 2. The maximum Gasteiger partial charge on any atom is 0.416 e. The minimum atomic E-state index is -4.68. The zero-order chi connectivity index (χ0) is 25.1. The molecule has 4 aromatic rings. The van der Waals surface area contributed by atoms with Crippen LogP contribution in [0.5, 0.6) is 0 Å². The van der Waals surface area contributed by atoms with Crippen molar-refractivity contribution in [2.24, 2.45) is 0 Å². The molecule has 5 rings (SSSR count). The van der Waals surface area contributed by atoms with Gasteiger partial charge in [-0.1, -0.05) is 6.07 Å². The van der Waals surface area contributed by atoms with Gasteiger partial charge in [0, 0.05) is 17.8 Å². The van der Waals surface area contributed by atoms with E-state index >= 15 is 0 Å². The number of aromatic nitrogens is 3. The van der Waals surface area contributed by atoms with Crippen molar-refractivity contribution in [1.82, 2.24) is 14.4 Å². The van der Waals surface area contributed by atoms with Crippen LogP contribution in [0.4, 0.5) is 43.9 Å². The quantitative estimate of drug-likeness (QED) is 0.381. The van der Waals surface area contributed by atoms with E-state index < -0.39 is 35.2 Å². The first kappa shape index (κ1) is 22.6. The lowest BCUT2D eigenvalue weighted by molar-refractivity contribution is -0.137. The van der Waals surface area contributed by atoms with Crippen LogP contribution in [0.2, 0.25) is 0 Å². The van der Waals surface area contributed by atoms with Gasteiger partial charge in [0.15, 0.2) is 0 Å². The van der Waals surface area contributed by atoms with E-state index in [0.717, 1.165) is 11.8 Å². The van der Waals surface area contributed by atoms with Crippen LogP contribution in [0.3, 0.4) is 0 Å². The summed E-state index contributed by atoms with van der Waals surface area (Å²) in [6.07, 6.45) is -3.23. The fourth-order valence-electron chi connectivity index (χ4n) is 4.21. The third-order valence-electron chi connectivity index (χ3n) is 5.84. The van der Waals surface area contributed by atoms with Crippen molar-refractivity contribution in [2.45, 2.75) is 19.5 Å². The monoisotopic (exact) mass is 488 g/mol. The van der Waals surface area contributed by atoms with Crippen molar-refractivity contribution in [1.29, 1.82) is 0 Å². The summed E-state index contributed by atoms with van der Waals surface area (Å²) in [5.74, 6) is -1.12. The molecule has 12 heteroatoms. The highest BCUT2D eigenvalue weighted by atomic mass is 19.4. The molecular weight excluding hydrogens is 471 g/mol. The highest BCUT2D eigenvalue weighted by Gasteiger charge is 2.32. The number of anilines is 3. The number of aryl methyl sites for hydroxylation is 1. The minimum Gasteiger partial charge on any atom is -0.382 e. The van der Waals surface area contributed by atoms with Gasteiger partial charge in [-0.05, 0) is 49.2 Å². The number of carbonyl (C=O) groups is 1. The van der Waals surface area contributed by atoms with E-state index in [9.17, 15) is 26.7 Å². The van der Waals surface area contributed by atoms with E-state index in [4.69, 9.17) is 5.73 Å². The number of nitrogens with two attached hydrogens (primary N) is 1. The smallest absolute Gasteiger partial charge is 0.382 e. The highest BCUT2D eigenvalue weighted by molar-refractivity contribution is 6.03. The highest BCUT2D eigenvalue weighted by Crippen LogP contribution is 2.36. The molecule has 35 heavy (non-hydrogen) atoms. The van der Waals surface area contributed by atoms with Crippen molar-refractivity contribution in [3.8, 4) is 11.3 Å². The van der Waals surface area contributed by atoms with Crippen molar-refractivity contribution in [3.63, 3.8) is 0 Å². The Kier molecular flexibility index (Phi) is 5.11. The van der Waals surface area contributed by atoms with Gasteiger partial charge in [-0.15, -0.1) is 0 Å². The Labute approximate surface area is 195 Å². The number of nitrogens with zero attached hydrogens (tertiary/aromatic N) is 4. The average Bonchev–Trinajstić information content (AvgIpc) is 3.38. The third-order valence-corrected chi connectivity index (χ3v) is 5.84. The molecule has 3 heterocycles. The summed E-state index contributed by atoms with van der Waals surface area (Å²) in [7, 11) is 0. The standard InChI is InChI=1S/C23H17F5N6O/c1-11-31-19(20-21(29)30-10-18(25)34(11)20)13-2-5-17-12(8-13)6-7-33(17)22(35)32-16-9-14(23(26,27)28)3-4-15(16)24/h2-5,8-10H,6-7H2,1H3,(H2,29,30)(H,32,35). The number of alkyl halides is 3. The first-order valence-corrected chi connectivity index (χ1v) is 10.4. The van der Waals surface area contributed by atoms with Gasteiger partial charge in [0.2, 0.25) is 5.95 Å². The molecule has 0 saturated carbocycles. The molecule has 0 aliphatic carbocycles. The maximum absolute atomic E-state index is 14.3. The van der Waals surface area contributed by atoms with E-state index in [-0.39, 0.29) is 12.4 Å². The van der Waals surface area contributed by atoms with Crippen molar-refractivity contribution >= 4 is 28.7 Å². The summed E-state index contributed by atoms with van der Waals surface area (Å²) in [5, 5.41) is 2.22. The number of benzene rings is 2. The van der Waals surface area contributed by atoms with E-state index in [1.54, 1.807) is 25.1 Å². The molecule has 0 spiro atoms. The number of imidazole rings is 1. The Morgan fingerprint density at radius 3 is 2.66 bits per heavy atom. The number of carbonyl (C=O) groups excluding carboxylic acids is 1. The molecule has 0 bridgehead atoms. The maximum atomic E-state index is 14.3. The minimum absolute atomic E-state index is 0.103. The summed E-state index contributed by atoms with van der Waals surface area (Å²) < 4.78 is 68.5. The lowest BCUT2D eigenvalue weighted by Gasteiger charge is -2.19. The summed E-state index contributed by atoms with van der Waals surface area (Å²) in [6.45, 7) is 1.86. The second-order valence-electron chi connectivity index (χ2n) is 8.03. The molecule has 7 nitrogen and oxygen atoms in total. The molecule has 0 fully saturated rings. The van der Waals surface area contributed by atoms with Crippen LogP contribution in [-0.4, -0.2) is 26.9 Å². The lowest BCUT2D eigenvalue weighted by Crippen LogP contribution is -2.33. The fraction of sp³-hybridized carbons (Fsp3) is 0.174. The second-order valence-corrected chi connectivity index (χ2v) is 8.03. The Balaban J connectivity index is 1.45. The summed E-state index contributed by atoms with van der Waals surface area (Å²) in [4.78, 5) is 22.4. The lowest BCUT2D eigenvalue weighted by atomic mass is 10.1. The van der Waals surface area contributed by atoms with Crippen molar-refractivity contribution < 1.29 is 26.7 Å². The predicted octanol–water partition coefficient (Wildman–Crippen LogP) is 5.18. The van der Waals surface area contributed by atoms with Gasteiger partial charge in [-0.2, -0.15) is 17.6 Å². The Morgan fingerprint density at radius 2 is 1.91 bits per heavy atom. The van der Waals surface area contributed by atoms with Gasteiger partial charge in [0.1, 0.15) is 28.7 Å². The van der Waals surface area contributed by atoms with E-state index in [1.807, 2.05) is 0 Å². The molecule has 0 saturated heterocycles. The van der Waals surface area contributed by atoms with Gasteiger partial charge in [-0.3, -0.25) is 9.30 Å². The Morgan fingerprint density at radius 1 is 1.14 bits per heavy atom. The van der Waals surface area contributed by atoms with Gasteiger partial charge in [0.05, 0.1) is 17.4 Å². The number of halogens is 5. The molecule has 1 aliphatic heterocycles. The molecular formula is C23H17F5N6O. The normalized spacial score (nSPS) is 13.4. The topological polar surface area (TPSA) is 88.5 Å². The van der Waals surface area contributed by atoms with Gasteiger partial charge >= 0.3 is 12.2 Å². The molecule has 180 valence electrons. The Bertz CT molecular complexity index is 1500. The van der Waals surface area contributed by atoms with Crippen LogP contribution < -0.4 is 16.0 Å². The van der Waals surface area contributed by atoms with Gasteiger partial charge in [0.25, 0.3) is 0 Å². The fourth-order valence-corrected chi connectivity index (χ4v) is 4.21. The average molecular weight is 488 g/mol. The third kappa shape index (κ3) is 3.80. The number of fused-ring (bicyclic) bond motifs is 2. The van der Waals surface area contributed by atoms with Crippen LogP contribution in [0.25, 0.3) is 16.8 Å². The summed E-state index contributed by atoms with van der Waals surface area (Å²) >= 11 is 0. The molecule has 2 amide bonds. The molecule has 0 radical (unpaired) electrons.